The summed E-state index contributed by atoms with van der Waals surface area (Å²) in [6.45, 7) is 4.21. The molecule has 3 amide bonds. The van der Waals surface area contributed by atoms with Crippen molar-refractivity contribution < 1.29 is 14.3 Å². The van der Waals surface area contributed by atoms with E-state index < -0.39 is 0 Å². The van der Waals surface area contributed by atoms with E-state index in [1.54, 1.807) is 43.3 Å². The molecule has 0 saturated carbocycles. The zero-order valence-electron chi connectivity index (χ0n) is 17.9. The first-order valence-corrected chi connectivity index (χ1v) is 9.71. The van der Waals surface area contributed by atoms with Crippen LogP contribution < -0.4 is 15.4 Å². The Morgan fingerprint density at radius 2 is 1.87 bits per heavy atom. The van der Waals surface area contributed by atoms with Crippen LogP contribution >= 0.6 is 0 Å². The minimum absolute atomic E-state index is 0.0669. The number of carbonyl (C=O) groups is 2. The maximum absolute atomic E-state index is 12.5. The summed E-state index contributed by atoms with van der Waals surface area (Å²) < 4.78 is 7.07. The summed E-state index contributed by atoms with van der Waals surface area (Å²) in [7, 11) is 5.23. The van der Waals surface area contributed by atoms with Gasteiger partial charge in [0, 0.05) is 31.4 Å². The molecular weight excluding hydrogens is 382 g/mol. The van der Waals surface area contributed by atoms with Gasteiger partial charge in [-0.2, -0.15) is 0 Å². The van der Waals surface area contributed by atoms with Crippen molar-refractivity contribution in [2.24, 2.45) is 7.05 Å². The molecule has 0 fully saturated rings. The third-order valence-corrected chi connectivity index (χ3v) is 4.72. The van der Waals surface area contributed by atoms with Crippen molar-refractivity contribution in [3.8, 4) is 5.75 Å². The van der Waals surface area contributed by atoms with E-state index in [0.29, 0.717) is 23.5 Å². The lowest BCUT2D eigenvalue weighted by Crippen LogP contribution is -2.40. The molecule has 0 aliphatic carbocycles. The SMILES string of the molecule is COc1ccc(C(=O)Nc2ccc3c(c2)nc(CN(C)C(=O)NC(C)C)n3C)cc1. The molecule has 0 radical (unpaired) electrons. The third-order valence-electron chi connectivity index (χ3n) is 4.72. The van der Waals surface area contributed by atoms with Gasteiger partial charge >= 0.3 is 6.03 Å². The molecule has 0 unspecified atom stereocenters. The Balaban J connectivity index is 1.76. The molecule has 0 bridgehead atoms. The highest BCUT2D eigenvalue weighted by atomic mass is 16.5. The summed E-state index contributed by atoms with van der Waals surface area (Å²) in [6.07, 6.45) is 0. The van der Waals surface area contributed by atoms with Gasteiger partial charge in [0.2, 0.25) is 0 Å². The van der Waals surface area contributed by atoms with Crippen LogP contribution in [-0.2, 0) is 13.6 Å². The molecule has 3 aromatic rings. The third kappa shape index (κ3) is 4.71. The van der Waals surface area contributed by atoms with Crippen LogP contribution in [0.3, 0.4) is 0 Å². The molecule has 0 atom stereocenters. The number of aromatic nitrogens is 2. The second-order valence-corrected chi connectivity index (χ2v) is 7.43. The molecule has 1 aromatic heterocycles. The lowest BCUT2D eigenvalue weighted by atomic mass is 10.2. The number of aryl methyl sites for hydroxylation is 1. The molecule has 3 rings (SSSR count). The van der Waals surface area contributed by atoms with E-state index in [4.69, 9.17) is 4.74 Å². The van der Waals surface area contributed by atoms with Gasteiger partial charge in [0.05, 0.1) is 24.7 Å². The molecule has 0 spiro atoms. The van der Waals surface area contributed by atoms with Crippen LogP contribution in [0.4, 0.5) is 10.5 Å². The number of nitrogens with one attached hydrogen (secondary N) is 2. The quantitative estimate of drug-likeness (QED) is 0.653. The van der Waals surface area contributed by atoms with Crippen LogP contribution in [0.15, 0.2) is 42.5 Å². The number of hydrogen-bond acceptors (Lipinski definition) is 4. The van der Waals surface area contributed by atoms with E-state index in [0.717, 1.165) is 16.9 Å². The van der Waals surface area contributed by atoms with Crippen LogP contribution in [0.1, 0.15) is 30.0 Å². The number of urea groups is 1. The number of carbonyl (C=O) groups excluding carboxylic acids is 2. The van der Waals surface area contributed by atoms with E-state index in [-0.39, 0.29) is 18.0 Å². The highest BCUT2D eigenvalue weighted by Crippen LogP contribution is 2.21. The maximum atomic E-state index is 12.5. The fourth-order valence-electron chi connectivity index (χ4n) is 3.06. The predicted molar refractivity (Wildman–Crippen MR) is 117 cm³/mol. The van der Waals surface area contributed by atoms with Crippen LogP contribution in [0.2, 0.25) is 0 Å². The van der Waals surface area contributed by atoms with E-state index in [9.17, 15) is 9.59 Å². The first-order chi connectivity index (χ1) is 14.3. The van der Waals surface area contributed by atoms with Gasteiger partial charge in [-0.05, 0) is 56.3 Å². The zero-order valence-corrected chi connectivity index (χ0v) is 17.9. The summed E-state index contributed by atoms with van der Waals surface area (Å²) >= 11 is 0. The minimum atomic E-state index is -0.210. The van der Waals surface area contributed by atoms with Crippen molar-refractivity contribution >= 4 is 28.7 Å². The Kier molecular flexibility index (Phi) is 6.25. The number of amides is 3. The normalized spacial score (nSPS) is 10.9. The summed E-state index contributed by atoms with van der Waals surface area (Å²) in [5.74, 6) is 1.24. The number of rotatable bonds is 6. The highest BCUT2D eigenvalue weighted by Gasteiger charge is 2.15. The Hall–Kier alpha value is -3.55. The monoisotopic (exact) mass is 409 g/mol. The fraction of sp³-hybridized carbons (Fsp3) is 0.318. The van der Waals surface area contributed by atoms with Crippen molar-refractivity contribution in [2.45, 2.75) is 26.4 Å². The summed E-state index contributed by atoms with van der Waals surface area (Å²) in [4.78, 5) is 30.9. The van der Waals surface area contributed by atoms with Crippen LogP contribution in [-0.4, -0.2) is 46.6 Å². The number of fused-ring (bicyclic) bond motifs is 1. The summed E-state index contributed by atoms with van der Waals surface area (Å²) in [6, 6.07) is 12.4. The molecule has 8 heteroatoms. The van der Waals surface area contributed by atoms with Crippen molar-refractivity contribution in [2.75, 3.05) is 19.5 Å². The molecule has 0 aliphatic rings. The second-order valence-electron chi connectivity index (χ2n) is 7.43. The molecule has 30 heavy (non-hydrogen) atoms. The molecule has 0 saturated heterocycles. The number of imidazole rings is 1. The first-order valence-electron chi connectivity index (χ1n) is 9.71. The second kappa shape index (κ2) is 8.86. The Morgan fingerprint density at radius 3 is 2.50 bits per heavy atom. The number of nitrogens with zero attached hydrogens (tertiary/aromatic N) is 3. The molecule has 2 aromatic carbocycles. The van der Waals surface area contributed by atoms with Gasteiger partial charge in [0.1, 0.15) is 11.6 Å². The number of hydrogen-bond donors (Lipinski definition) is 2. The zero-order chi connectivity index (χ0) is 21.8. The van der Waals surface area contributed by atoms with Gasteiger partial charge in [-0.25, -0.2) is 9.78 Å². The van der Waals surface area contributed by atoms with Gasteiger partial charge in [-0.1, -0.05) is 0 Å². The predicted octanol–water partition coefficient (Wildman–Crippen LogP) is 3.38. The maximum Gasteiger partial charge on any atom is 0.317 e. The number of benzene rings is 2. The van der Waals surface area contributed by atoms with Crippen LogP contribution in [0, 0.1) is 0 Å². The molecular formula is C22H27N5O3. The molecule has 8 nitrogen and oxygen atoms in total. The van der Waals surface area contributed by atoms with Crippen molar-refractivity contribution in [3.63, 3.8) is 0 Å². The van der Waals surface area contributed by atoms with Crippen molar-refractivity contribution in [1.29, 1.82) is 0 Å². The summed E-state index contributed by atoms with van der Waals surface area (Å²) in [5, 5.41) is 5.76. The average molecular weight is 409 g/mol. The standard InChI is InChI=1S/C22H27N5O3/c1-14(2)23-22(29)26(3)13-20-25-18-12-16(8-11-19(18)27(20)4)24-21(28)15-6-9-17(30-5)10-7-15/h6-12,14H,13H2,1-5H3,(H,23,29)(H,24,28). The number of methoxy groups -OCH3 is 1. The average Bonchev–Trinajstić information content (AvgIpc) is 3.02. The largest absolute Gasteiger partial charge is 0.497 e. The Bertz CT molecular complexity index is 1060. The van der Waals surface area contributed by atoms with Crippen LogP contribution in [0.25, 0.3) is 11.0 Å². The Labute approximate surface area is 175 Å². The Morgan fingerprint density at radius 1 is 1.17 bits per heavy atom. The summed E-state index contributed by atoms with van der Waals surface area (Å²) in [5.41, 5.74) is 2.86. The fourth-order valence-corrected chi connectivity index (χ4v) is 3.06. The lowest BCUT2D eigenvalue weighted by molar-refractivity contribution is 0.102. The topological polar surface area (TPSA) is 88.5 Å². The molecule has 1 heterocycles. The van der Waals surface area contributed by atoms with Gasteiger partial charge < -0.3 is 24.8 Å². The smallest absolute Gasteiger partial charge is 0.317 e. The van der Waals surface area contributed by atoms with E-state index in [2.05, 4.69) is 15.6 Å². The van der Waals surface area contributed by atoms with Gasteiger partial charge in [0.15, 0.2) is 0 Å². The van der Waals surface area contributed by atoms with Gasteiger partial charge in [0.25, 0.3) is 5.91 Å². The molecule has 0 aliphatic heterocycles. The number of anilines is 1. The van der Waals surface area contributed by atoms with Gasteiger partial charge in [-0.15, -0.1) is 0 Å². The highest BCUT2D eigenvalue weighted by molar-refractivity contribution is 6.05. The van der Waals surface area contributed by atoms with Crippen molar-refractivity contribution in [1.82, 2.24) is 19.8 Å². The van der Waals surface area contributed by atoms with Gasteiger partial charge in [-0.3, -0.25) is 4.79 Å². The molecule has 2 N–H and O–H groups in total. The van der Waals surface area contributed by atoms with E-state index in [1.807, 2.05) is 43.7 Å². The van der Waals surface area contributed by atoms with Crippen LogP contribution in [0.5, 0.6) is 5.75 Å². The van der Waals surface area contributed by atoms with Crippen molar-refractivity contribution in [3.05, 3.63) is 53.9 Å². The first kappa shape index (κ1) is 21.2. The lowest BCUT2D eigenvalue weighted by Gasteiger charge is -2.19. The van der Waals surface area contributed by atoms with E-state index in [1.165, 1.54) is 0 Å². The number of ether oxygens (including phenoxy) is 1. The minimum Gasteiger partial charge on any atom is -0.497 e. The molecule has 158 valence electrons. The van der Waals surface area contributed by atoms with E-state index >= 15 is 0 Å².